The van der Waals surface area contributed by atoms with Gasteiger partial charge in [-0.1, -0.05) is 6.07 Å². The van der Waals surface area contributed by atoms with Crippen LogP contribution in [-0.4, -0.2) is 19.5 Å². The van der Waals surface area contributed by atoms with Gasteiger partial charge >= 0.3 is 0 Å². The predicted molar refractivity (Wildman–Crippen MR) is 58.0 cm³/mol. The summed E-state index contributed by atoms with van der Waals surface area (Å²) in [6.07, 6.45) is 5.33. The van der Waals surface area contributed by atoms with Gasteiger partial charge in [0.25, 0.3) is 0 Å². The van der Waals surface area contributed by atoms with Gasteiger partial charge in [-0.3, -0.25) is 4.57 Å². The molecule has 15 heavy (non-hydrogen) atoms. The van der Waals surface area contributed by atoms with Crippen molar-refractivity contribution in [2.75, 3.05) is 0 Å². The number of hydrogen-bond acceptors (Lipinski definition) is 2. The molecule has 0 aliphatic carbocycles. The summed E-state index contributed by atoms with van der Waals surface area (Å²) in [5, 5.41) is 0. The lowest BCUT2D eigenvalue weighted by atomic mass is 10.2. The monoisotopic (exact) mass is 198 g/mol. The number of imidazole rings is 2. The minimum absolute atomic E-state index is 0.799. The van der Waals surface area contributed by atoms with E-state index in [0.29, 0.717) is 0 Å². The van der Waals surface area contributed by atoms with Crippen molar-refractivity contribution < 1.29 is 0 Å². The zero-order valence-electron chi connectivity index (χ0n) is 8.31. The highest BCUT2D eigenvalue weighted by Gasteiger charge is 2.03. The Labute approximate surface area is 86.6 Å². The van der Waals surface area contributed by atoms with E-state index >= 15 is 0 Å². The van der Waals surface area contributed by atoms with E-state index < -0.39 is 0 Å². The van der Waals surface area contributed by atoms with Crippen molar-refractivity contribution in [2.45, 2.75) is 6.92 Å². The lowest BCUT2D eigenvalue weighted by molar-refractivity contribution is 0.967. The third-order valence-corrected chi connectivity index (χ3v) is 2.38. The first kappa shape index (κ1) is 8.23. The number of aromatic amines is 1. The first-order chi connectivity index (χ1) is 7.33. The lowest BCUT2D eigenvalue weighted by Crippen LogP contribution is -1.91. The van der Waals surface area contributed by atoms with Crippen LogP contribution in [0.3, 0.4) is 0 Å². The third kappa shape index (κ3) is 1.30. The summed E-state index contributed by atoms with van der Waals surface area (Å²) >= 11 is 0. The van der Waals surface area contributed by atoms with Gasteiger partial charge in [-0.05, 0) is 24.6 Å². The number of benzene rings is 1. The molecule has 3 rings (SSSR count). The van der Waals surface area contributed by atoms with Crippen LogP contribution in [0.25, 0.3) is 17.0 Å². The molecule has 3 aromatic rings. The Morgan fingerprint density at radius 3 is 3.07 bits per heavy atom. The van der Waals surface area contributed by atoms with Crippen LogP contribution in [0, 0.1) is 6.92 Å². The molecule has 0 atom stereocenters. The van der Waals surface area contributed by atoms with Gasteiger partial charge in [-0.15, -0.1) is 0 Å². The van der Waals surface area contributed by atoms with E-state index in [9.17, 15) is 0 Å². The second-order valence-electron chi connectivity index (χ2n) is 3.55. The number of rotatable bonds is 1. The maximum atomic E-state index is 4.48. The van der Waals surface area contributed by atoms with Gasteiger partial charge in [-0.25, -0.2) is 9.97 Å². The second-order valence-corrected chi connectivity index (χ2v) is 3.55. The Hall–Kier alpha value is -2.10. The van der Waals surface area contributed by atoms with E-state index in [1.54, 1.807) is 12.5 Å². The van der Waals surface area contributed by atoms with Crippen molar-refractivity contribution in [3.05, 3.63) is 42.5 Å². The highest BCUT2D eigenvalue weighted by Crippen LogP contribution is 2.14. The van der Waals surface area contributed by atoms with E-state index in [1.165, 1.54) is 5.56 Å². The topological polar surface area (TPSA) is 46.5 Å². The molecule has 1 N–H and O–H groups in total. The number of H-pyrrole nitrogens is 1. The van der Waals surface area contributed by atoms with E-state index in [2.05, 4.69) is 34.0 Å². The molecule has 0 spiro atoms. The minimum Gasteiger partial charge on any atom is -0.323 e. The van der Waals surface area contributed by atoms with Crippen LogP contribution in [-0.2, 0) is 0 Å². The molecule has 0 aliphatic rings. The lowest BCUT2D eigenvalue weighted by Gasteiger charge is -1.91. The quantitative estimate of drug-likeness (QED) is 0.650. The Bertz CT molecular complexity index is 592. The molecule has 1 aromatic carbocycles. The molecular weight excluding hydrogens is 188 g/mol. The van der Waals surface area contributed by atoms with Gasteiger partial charge < -0.3 is 4.98 Å². The van der Waals surface area contributed by atoms with Crippen molar-refractivity contribution in [3.8, 4) is 5.95 Å². The number of nitrogens with zero attached hydrogens (tertiary/aromatic N) is 3. The maximum Gasteiger partial charge on any atom is 0.213 e. The summed E-state index contributed by atoms with van der Waals surface area (Å²) in [4.78, 5) is 11.7. The van der Waals surface area contributed by atoms with Gasteiger partial charge in [-0.2, -0.15) is 0 Å². The van der Waals surface area contributed by atoms with Crippen molar-refractivity contribution >= 4 is 11.0 Å². The van der Waals surface area contributed by atoms with Gasteiger partial charge in [0.15, 0.2) is 0 Å². The van der Waals surface area contributed by atoms with Crippen LogP contribution in [0.5, 0.6) is 0 Å². The number of nitrogens with one attached hydrogen (secondary N) is 1. The van der Waals surface area contributed by atoms with Gasteiger partial charge in [0, 0.05) is 12.4 Å². The summed E-state index contributed by atoms with van der Waals surface area (Å²) in [5.74, 6) is 0.799. The van der Waals surface area contributed by atoms with E-state index in [-0.39, 0.29) is 0 Å². The Morgan fingerprint density at radius 2 is 2.27 bits per heavy atom. The highest BCUT2D eigenvalue weighted by molar-refractivity contribution is 5.76. The van der Waals surface area contributed by atoms with Gasteiger partial charge in [0.2, 0.25) is 5.95 Å². The fourth-order valence-corrected chi connectivity index (χ4v) is 1.61. The molecular formula is C11H10N4. The molecule has 0 radical (unpaired) electrons. The molecule has 0 fully saturated rings. The van der Waals surface area contributed by atoms with Gasteiger partial charge in [0.1, 0.15) is 6.33 Å². The molecule has 0 aliphatic heterocycles. The molecule has 0 saturated heterocycles. The van der Waals surface area contributed by atoms with Crippen LogP contribution in [0.2, 0.25) is 0 Å². The van der Waals surface area contributed by atoms with Crippen molar-refractivity contribution in [3.63, 3.8) is 0 Å². The minimum atomic E-state index is 0.799. The largest absolute Gasteiger partial charge is 0.323 e. The zero-order valence-corrected chi connectivity index (χ0v) is 8.31. The molecule has 4 heteroatoms. The molecule has 0 amide bonds. The average molecular weight is 198 g/mol. The van der Waals surface area contributed by atoms with Crippen LogP contribution in [0.15, 0.2) is 36.9 Å². The molecule has 4 nitrogen and oxygen atoms in total. The summed E-state index contributed by atoms with van der Waals surface area (Å²) in [6.45, 7) is 2.06. The second kappa shape index (κ2) is 2.95. The molecule has 74 valence electrons. The first-order valence-corrected chi connectivity index (χ1v) is 4.77. The number of hydrogen-bond donors (Lipinski definition) is 1. The number of aromatic nitrogens is 4. The zero-order chi connectivity index (χ0) is 10.3. The molecule has 2 heterocycles. The van der Waals surface area contributed by atoms with Crippen LogP contribution < -0.4 is 0 Å². The van der Waals surface area contributed by atoms with Crippen molar-refractivity contribution in [1.82, 2.24) is 19.5 Å². The van der Waals surface area contributed by atoms with E-state index in [4.69, 9.17) is 0 Å². The average Bonchev–Trinajstić information content (AvgIpc) is 2.84. The summed E-state index contributed by atoms with van der Waals surface area (Å²) < 4.78 is 1.86. The SMILES string of the molecule is Cc1ccc2[nH]c(-n3ccnc3)nc2c1. The Balaban J connectivity index is 2.22. The van der Waals surface area contributed by atoms with E-state index in [1.807, 2.05) is 16.8 Å². The fraction of sp³-hybridized carbons (Fsp3) is 0.0909. The van der Waals surface area contributed by atoms with Gasteiger partial charge in [0.05, 0.1) is 11.0 Å². The Kier molecular flexibility index (Phi) is 1.62. The number of fused-ring (bicyclic) bond motifs is 1. The number of aryl methyl sites for hydroxylation is 1. The van der Waals surface area contributed by atoms with E-state index in [0.717, 1.165) is 17.0 Å². The normalized spacial score (nSPS) is 11.0. The summed E-state index contributed by atoms with van der Waals surface area (Å²) in [5.41, 5.74) is 3.24. The third-order valence-electron chi connectivity index (χ3n) is 2.38. The smallest absolute Gasteiger partial charge is 0.213 e. The van der Waals surface area contributed by atoms with Crippen molar-refractivity contribution in [2.24, 2.45) is 0 Å². The molecule has 0 bridgehead atoms. The standard InChI is InChI=1S/C11H10N4/c1-8-2-3-9-10(6-8)14-11(13-9)15-5-4-12-7-15/h2-7H,1H3,(H,13,14). The maximum absolute atomic E-state index is 4.48. The predicted octanol–water partition coefficient (Wildman–Crippen LogP) is 2.06. The highest BCUT2D eigenvalue weighted by atomic mass is 15.2. The fourth-order valence-electron chi connectivity index (χ4n) is 1.61. The first-order valence-electron chi connectivity index (χ1n) is 4.77. The van der Waals surface area contributed by atoms with Crippen LogP contribution in [0.4, 0.5) is 0 Å². The molecule has 2 aromatic heterocycles. The summed E-state index contributed by atoms with van der Waals surface area (Å²) in [7, 11) is 0. The molecule has 0 saturated carbocycles. The van der Waals surface area contributed by atoms with Crippen LogP contribution >= 0.6 is 0 Å². The van der Waals surface area contributed by atoms with Crippen molar-refractivity contribution in [1.29, 1.82) is 0 Å². The summed E-state index contributed by atoms with van der Waals surface area (Å²) in [6, 6.07) is 6.17. The van der Waals surface area contributed by atoms with Crippen LogP contribution in [0.1, 0.15) is 5.56 Å². The Morgan fingerprint density at radius 1 is 1.33 bits per heavy atom. The molecule has 0 unspecified atom stereocenters.